The molecule has 0 unspecified atom stereocenters. The predicted octanol–water partition coefficient (Wildman–Crippen LogP) is 8.46. The number of aryl methyl sites for hydroxylation is 2. The summed E-state index contributed by atoms with van der Waals surface area (Å²) >= 11 is 9.64. The van der Waals surface area contributed by atoms with Gasteiger partial charge in [-0.15, -0.1) is 0 Å². The largest absolute Gasteiger partial charge is 0.309 e. The summed E-state index contributed by atoms with van der Waals surface area (Å²) in [4.78, 5) is 17.7. The van der Waals surface area contributed by atoms with Crippen molar-refractivity contribution in [1.29, 1.82) is 0 Å². The van der Waals surface area contributed by atoms with Crippen LogP contribution in [-0.2, 0) is 0 Å². The monoisotopic (exact) mass is 511 g/mol. The van der Waals surface area contributed by atoms with E-state index in [0.717, 1.165) is 39.0 Å². The Bertz CT molecular complexity index is 1970. The van der Waals surface area contributed by atoms with Gasteiger partial charge >= 0.3 is 0 Å². The van der Waals surface area contributed by atoms with Gasteiger partial charge in [-0.1, -0.05) is 41.5 Å². The number of benzene rings is 4. The standard InChI is InChI=1S/C30H17N5S2/c1-16-6-9-24-21(12-16)22-13-17(2)7-10-25(22)35(24)23-11-8-20-26-18(23)4-3-5-19(26)27-28(20)34-30(32-15-37)29(33-27)31-14-36/h3-13H,1-2H3. The van der Waals surface area contributed by atoms with Gasteiger partial charge in [-0.2, -0.15) is 9.98 Å². The van der Waals surface area contributed by atoms with Gasteiger partial charge in [0.15, 0.2) is 0 Å². The van der Waals surface area contributed by atoms with Crippen LogP contribution in [0.3, 0.4) is 0 Å². The maximum atomic E-state index is 4.82. The molecule has 4 aromatic carbocycles. The molecular weight excluding hydrogens is 494 g/mol. The average molecular weight is 512 g/mol. The molecule has 0 N–H and O–H groups in total. The highest BCUT2D eigenvalue weighted by molar-refractivity contribution is 7.78. The van der Waals surface area contributed by atoms with E-state index in [2.05, 4.69) is 105 Å². The van der Waals surface area contributed by atoms with Crippen molar-refractivity contribution in [2.45, 2.75) is 13.8 Å². The fourth-order valence-electron chi connectivity index (χ4n) is 5.52. The molecule has 1 aliphatic rings. The van der Waals surface area contributed by atoms with Gasteiger partial charge in [-0.05, 0) is 74.7 Å². The van der Waals surface area contributed by atoms with Crippen molar-refractivity contribution >= 4 is 79.0 Å². The van der Waals surface area contributed by atoms with Crippen LogP contribution in [0.1, 0.15) is 11.1 Å². The van der Waals surface area contributed by atoms with Gasteiger partial charge in [0.25, 0.3) is 0 Å². The summed E-state index contributed by atoms with van der Waals surface area (Å²) in [6.07, 6.45) is 0. The summed E-state index contributed by atoms with van der Waals surface area (Å²) in [6.45, 7) is 4.28. The molecule has 0 amide bonds. The Hall–Kier alpha value is -4.38. The minimum atomic E-state index is 0.282. The Morgan fingerprint density at radius 2 is 1.24 bits per heavy atom. The summed E-state index contributed by atoms with van der Waals surface area (Å²) in [7, 11) is 0. The van der Waals surface area contributed by atoms with Gasteiger partial charge in [0.05, 0.1) is 38.4 Å². The maximum absolute atomic E-state index is 4.82. The van der Waals surface area contributed by atoms with Gasteiger partial charge in [0.2, 0.25) is 11.6 Å². The number of isothiocyanates is 2. The van der Waals surface area contributed by atoms with Crippen molar-refractivity contribution in [3.63, 3.8) is 0 Å². The first-order valence-electron chi connectivity index (χ1n) is 11.7. The third-order valence-corrected chi connectivity index (χ3v) is 7.19. The molecule has 0 radical (unpaired) electrons. The molecule has 174 valence electrons. The van der Waals surface area contributed by atoms with E-state index >= 15 is 0 Å². The fraction of sp³-hybridized carbons (Fsp3) is 0.0667. The van der Waals surface area contributed by atoms with Crippen LogP contribution in [0.4, 0.5) is 11.6 Å². The molecule has 7 heteroatoms. The quantitative estimate of drug-likeness (QED) is 0.176. The smallest absolute Gasteiger partial charge is 0.209 e. The number of aliphatic imine (C=N–C) groups is 2. The number of rotatable bonds is 3. The second kappa shape index (κ2) is 8.07. The Labute approximate surface area is 222 Å². The van der Waals surface area contributed by atoms with Crippen molar-refractivity contribution in [2.24, 2.45) is 9.98 Å². The first-order valence-corrected chi connectivity index (χ1v) is 12.6. The molecule has 0 saturated heterocycles. The van der Waals surface area contributed by atoms with E-state index in [9.17, 15) is 0 Å². The Kier molecular flexibility index (Phi) is 4.77. The minimum absolute atomic E-state index is 0.282. The van der Waals surface area contributed by atoms with E-state index in [4.69, 9.17) is 34.4 Å². The predicted molar refractivity (Wildman–Crippen MR) is 157 cm³/mol. The van der Waals surface area contributed by atoms with Crippen LogP contribution >= 0.6 is 24.4 Å². The first-order chi connectivity index (χ1) is 18.1. The molecule has 0 atom stereocenters. The summed E-state index contributed by atoms with van der Waals surface area (Å²) in [6, 6.07) is 23.9. The molecule has 6 aromatic rings. The van der Waals surface area contributed by atoms with Gasteiger partial charge in [0, 0.05) is 32.7 Å². The number of aromatic nitrogens is 3. The summed E-state index contributed by atoms with van der Waals surface area (Å²) < 4.78 is 2.36. The van der Waals surface area contributed by atoms with E-state index in [-0.39, 0.29) is 11.6 Å². The molecule has 0 aliphatic heterocycles. The number of hydrogen-bond donors (Lipinski definition) is 0. The fourth-order valence-corrected chi connectivity index (χ4v) is 5.69. The zero-order valence-electron chi connectivity index (χ0n) is 19.9. The summed E-state index contributed by atoms with van der Waals surface area (Å²) in [5.74, 6) is 0.563. The summed E-state index contributed by atoms with van der Waals surface area (Å²) in [5.41, 5.74) is 9.44. The van der Waals surface area contributed by atoms with Crippen LogP contribution in [-0.4, -0.2) is 24.9 Å². The highest BCUT2D eigenvalue weighted by Gasteiger charge is 2.28. The average Bonchev–Trinajstić information content (AvgIpc) is 3.38. The van der Waals surface area contributed by atoms with E-state index in [1.54, 1.807) is 0 Å². The number of nitrogens with zero attached hydrogens (tertiary/aromatic N) is 5. The van der Waals surface area contributed by atoms with Crippen LogP contribution in [0.25, 0.3) is 60.8 Å². The first kappa shape index (κ1) is 21.9. The molecule has 0 bridgehead atoms. The number of fused-ring (bicyclic) bond motifs is 6. The van der Waals surface area contributed by atoms with Crippen molar-refractivity contribution in [2.75, 3.05) is 0 Å². The van der Waals surface area contributed by atoms with Crippen molar-refractivity contribution in [1.82, 2.24) is 14.5 Å². The Balaban J connectivity index is 1.58. The second-order valence-electron chi connectivity index (χ2n) is 9.21. The zero-order chi connectivity index (χ0) is 25.3. The molecule has 1 aliphatic carbocycles. The molecular formula is C30H17N5S2. The molecule has 0 spiro atoms. The molecule has 2 heterocycles. The lowest BCUT2D eigenvalue weighted by molar-refractivity contribution is 1.18. The summed E-state index contributed by atoms with van der Waals surface area (Å²) in [5, 5.41) is 9.46. The number of thiocarbonyl (C=S) groups is 2. The minimum Gasteiger partial charge on any atom is -0.309 e. The highest BCUT2D eigenvalue weighted by Crippen LogP contribution is 2.49. The molecule has 0 fully saturated rings. The van der Waals surface area contributed by atoms with Crippen LogP contribution in [0.2, 0.25) is 0 Å². The molecule has 7 rings (SSSR count). The normalized spacial score (nSPS) is 11.5. The maximum Gasteiger partial charge on any atom is 0.209 e. The molecule has 0 saturated carbocycles. The second-order valence-corrected chi connectivity index (χ2v) is 9.58. The van der Waals surface area contributed by atoms with Crippen LogP contribution in [0.15, 0.2) is 76.7 Å². The zero-order valence-corrected chi connectivity index (χ0v) is 21.5. The molecule has 37 heavy (non-hydrogen) atoms. The lowest BCUT2D eigenvalue weighted by Crippen LogP contribution is -1.96. The third-order valence-electron chi connectivity index (χ3n) is 7.01. The van der Waals surface area contributed by atoms with Crippen molar-refractivity contribution in [3.05, 3.63) is 77.9 Å². The van der Waals surface area contributed by atoms with Crippen molar-refractivity contribution in [3.8, 4) is 28.2 Å². The Morgan fingerprint density at radius 1 is 0.676 bits per heavy atom. The van der Waals surface area contributed by atoms with Crippen LogP contribution < -0.4 is 0 Å². The Morgan fingerprint density at radius 3 is 1.81 bits per heavy atom. The molecule has 2 aromatic heterocycles. The van der Waals surface area contributed by atoms with E-state index in [1.807, 2.05) is 0 Å². The van der Waals surface area contributed by atoms with Crippen LogP contribution in [0.5, 0.6) is 0 Å². The molecule has 5 nitrogen and oxygen atoms in total. The lowest BCUT2D eigenvalue weighted by Gasteiger charge is -2.13. The number of hydrogen-bond acceptors (Lipinski definition) is 6. The SMILES string of the molecule is Cc1ccc2c(c1)c1cc(C)ccc1n2-c1ccc2c3c(cccc13)-c1nc(N=C=S)c(N=C=S)nc1-2. The van der Waals surface area contributed by atoms with Crippen LogP contribution in [0, 0.1) is 13.8 Å². The van der Waals surface area contributed by atoms with E-state index < -0.39 is 0 Å². The topological polar surface area (TPSA) is 55.4 Å². The van der Waals surface area contributed by atoms with Crippen molar-refractivity contribution < 1.29 is 0 Å². The third kappa shape index (κ3) is 3.10. The van der Waals surface area contributed by atoms with Gasteiger partial charge in [0.1, 0.15) is 0 Å². The van der Waals surface area contributed by atoms with Gasteiger partial charge in [-0.25, -0.2) is 9.97 Å². The van der Waals surface area contributed by atoms with E-state index in [1.165, 1.54) is 32.9 Å². The van der Waals surface area contributed by atoms with Gasteiger partial charge < -0.3 is 4.57 Å². The van der Waals surface area contributed by atoms with Gasteiger partial charge in [-0.3, -0.25) is 0 Å². The lowest BCUT2D eigenvalue weighted by atomic mass is 10.0. The highest BCUT2D eigenvalue weighted by atomic mass is 32.1. The van der Waals surface area contributed by atoms with E-state index in [0.29, 0.717) is 0 Å².